The van der Waals surface area contributed by atoms with Crippen LogP contribution in [0.2, 0.25) is 0 Å². The summed E-state index contributed by atoms with van der Waals surface area (Å²) in [7, 11) is 0. The molecule has 0 saturated heterocycles. The van der Waals surface area contributed by atoms with Gasteiger partial charge in [0.1, 0.15) is 4.88 Å². The monoisotopic (exact) mass is 329 g/mol. The van der Waals surface area contributed by atoms with Gasteiger partial charge in [-0.15, -0.1) is 11.3 Å². The third-order valence-electron chi connectivity index (χ3n) is 2.62. The highest BCUT2D eigenvalue weighted by molar-refractivity contribution is 7.13. The molecule has 0 aliphatic carbocycles. The summed E-state index contributed by atoms with van der Waals surface area (Å²) in [6, 6.07) is 8.01. The van der Waals surface area contributed by atoms with Crippen LogP contribution in [-0.2, 0) is 10.9 Å². The number of hydrogen-bond donors (Lipinski definition) is 0. The lowest BCUT2D eigenvalue weighted by atomic mass is 10.1. The van der Waals surface area contributed by atoms with Crippen LogP contribution in [0.25, 0.3) is 0 Å². The molecule has 0 fully saturated rings. The molecule has 1 aromatic carbocycles. The molecule has 0 N–H and O–H groups in total. The first-order valence-corrected chi connectivity index (χ1v) is 6.90. The SMILES string of the molecule is Cc1nc(C(F)(F)F)c(C(=O)OCC(=O)c2ccccc2)s1. The first-order chi connectivity index (χ1) is 10.3. The molecule has 0 atom stereocenters. The van der Waals surface area contributed by atoms with Gasteiger partial charge >= 0.3 is 12.1 Å². The van der Waals surface area contributed by atoms with E-state index in [0.717, 1.165) is 0 Å². The maximum atomic E-state index is 12.8. The summed E-state index contributed by atoms with van der Waals surface area (Å²) >= 11 is 0.580. The first-order valence-electron chi connectivity index (χ1n) is 6.09. The molecule has 0 radical (unpaired) electrons. The number of thiazole rings is 1. The predicted octanol–water partition coefficient (Wildman–Crippen LogP) is 3.51. The van der Waals surface area contributed by atoms with Gasteiger partial charge in [0.25, 0.3) is 0 Å². The largest absolute Gasteiger partial charge is 0.453 e. The van der Waals surface area contributed by atoms with Gasteiger partial charge in [0.15, 0.2) is 18.1 Å². The highest BCUT2D eigenvalue weighted by Crippen LogP contribution is 2.34. The Bertz CT molecular complexity index is 695. The average Bonchev–Trinajstić information content (AvgIpc) is 2.87. The van der Waals surface area contributed by atoms with E-state index in [2.05, 4.69) is 9.72 Å². The van der Waals surface area contributed by atoms with E-state index < -0.39 is 35.1 Å². The lowest BCUT2D eigenvalue weighted by Gasteiger charge is -2.06. The number of ketones is 1. The molecule has 1 heterocycles. The molecule has 8 heteroatoms. The van der Waals surface area contributed by atoms with Crippen LogP contribution in [0.15, 0.2) is 30.3 Å². The summed E-state index contributed by atoms with van der Waals surface area (Å²) in [4.78, 5) is 26.2. The van der Waals surface area contributed by atoms with Crippen molar-refractivity contribution in [1.29, 1.82) is 0 Å². The van der Waals surface area contributed by atoms with E-state index >= 15 is 0 Å². The fourth-order valence-corrected chi connectivity index (χ4v) is 2.49. The topological polar surface area (TPSA) is 56.3 Å². The van der Waals surface area contributed by atoms with E-state index in [4.69, 9.17) is 0 Å². The van der Waals surface area contributed by atoms with Crippen molar-refractivity contribution in [3.8, 4) is 0 Å². The van der Waals surface area contributed by atoms with Gasteiger partial charge in [-0.1, -0.05) is 30.3 Å². The standard InChI is InChI=1S/C14H10F3NO3S/c1-8-18-12(14(15,16)17)11(22-8)13(20)21-7-10(19)9-5-3-2-4-6-9/h2-6H,7H2,1H3. The summed E-state index contributed by atoms with van der Waals surface area (Å²) in [5.41, 5.74) is -0.973. The van der Waals surface area contributed by atoms with Crippen LogP contribution in [0, 0.1) is 6.92 Å². The number of aromatic nitrogens is 1. The van der Waals surface area contributed by atoms with E-state index in [9.17, 15) is 22.8 Å². The zero-order valence-corrected chi connectivity index (χ0v) is 12.1. The number of esters is 1. The van der Waals surface area contributed by atoms with Crippen LogP contribution in [0.5, 0.6) is 0 Å². The summed E-state index contributed by atoms with van der Waals surface area (Å²) in [6.07, 6.45) is -4.75. The molecule has 0 amide bonds. The molecule has 1 aromatic heterocycles. The average molecular weight is 329 g/mol. The molecular formula is C14H10F3NO3S. The van der Waals surface area contributed by atoms with Crippen LogP contribution in [0.3, 0.4) is 0 Å². The van der Waals surface area contributed by atoms with E-state index in [1.54, 1.807) is 18.2 Å². The van der Waals surface area contributed by atoms with Gasteiger partial charge in [-0.2, -0.15) is 13.2 Å². The van der Waals surface area contributed by atoms with Crippen molar-refractivity contribution in [2.24, 2.45) is 0 Å². The Morgan fingerprint density at radius 3 is 2.45 bits per heavy atom. The number of nitrogens with zero attached hydrogens (tertiary/aromatic N) is 1. The number of ether oxygens (including phenoxy) is 1. The van der Waals surface area contributed by atoms with E-state index in [1.165, 1.54) is 19.1 Å². The van der Waals surface area contributed by atoms with Gasteiger partial charge in [-0.05, 0) is 6.92 Å². The maximum Gasteiger partial charge on any atom is 0.435 e. The number of alkyl halides is 3. The zero-order chi connectivity index (χ0) is 16.3. The summed E-state index contributed by atoms with van der Waals surface area (Å²) in [5.74, 6) is -1.70. The molecule has 0 spiro atoms. The van der Waals surface area contributed by atoms with Crippen LogP contribution < -0.4 is 0 Å². The van der Waals surface area contributed by atoms with Crippen molar-refractivity contribution in [3.63, 3.8) is 0 Å². The minimum Gasteiger partial charge on any atom is -0.453 e. The van der Waals surface area contributed by atoms with Crippen molar-refractivity contribution in [3.05, 3.63) is 51.5 Å². The van der Waals surface area contributed by atoms with E-state index in [1.807, 2.05) is 0 Å². The Labute approximate surface area is 127 Å². The van der Waals surface area contributed by atoms with Crippen LogP contribution >= 0.6 is 11.3 Å². The van der Waals surface area contributed by atoms with Gasteiger partial charge < -0.3 is 4.74 Å². The highest BCUT2D eigenvalue weighted by Gasteiger charge is 2.39. The van der Waals surface area contributed by atoms with Crippen molar-refractivity contribution < 1.29 is 27.5 Å². The smallest absolute Gasteiger partial charge is 0.435 e. The number of Topliss-reactive ketones (excluding diaryl/α,β-unsaturated/α-hetero) is 1. The summed E-state index contributed by atoms with van der Waals surface area (Å²) in [5, 5.41) is 0.0914. The van der Waals surface area contributed by atoms with Gasteiger partial charge in [0.05, 0.1) is 5.01 Å². The molecule has 4 nitrogen and oxygen atoms in total. The fourth-order valence-electron chi connectivity index (χ4n) is 1.66. The van der Waals surface area contributed by atoms with Crippen molar-refractivity contribution in [2.45, 2.75) is 13.1 Å². The van der Waals surface area contributed by atoms with Crippen LogP contribution in [0.1, 0.15) is 30.7 Å². The maximum absolute atomic E-state index is 12.8. The molecule has 116 valence electrons. The molecule has 2 aromatic rings. The Kier molecular flexibility index (Phi) is 4.60. The number of carbonyl (C=O) groups is 2. The second-order valence-corrected chi connectivity index (χ2v) is 5.48. The van der Waals surface area contributed by atoms with Gasteiger partial charge in [-0.25, -0.2) is 9.78 Å². The molecule has 0 aliphatic heterocycles. The van der Waals surface area contributed by atoms with Crippen molar-refractivity contribution in [1.82, 2.24) is 4.98 Å². The third kappa shape index (κ3) is 3.70. The zero-order valence-electron chi connectivity index (χ0n) is 11.3. The number of halogens is 3. The lowest BCUT2D eigenvalue weighted by Crippen LogP contribution is -2.17. The molecule has 0 unspecified atom stereocenters. The molecule has 22 heavy (non-hydrogen) atoms. The second kappa shape index (κ2) is 6.27. The van der Waals surface area contributed by atoms with Gasteiger partial charge in [-0.3, -0.25) is 4.79 Å². The Balaban J connectivity index is 2.09. The minimum atomic E-state index is -4.75. The van der Waals surface area contributed by atoms with Crippen LogP contribution in [0.4, 0.5) is 13.2 Å². The number of carbonyl (C=O) groups excluding carboxylic acids is 2. The second-order valence-electron chi connectivity index (χ2n) is 4.27. The number of hydrogen-bond acceptors (Lipinski definition) is 5. The Morgan fingerprint density at radius 2 is 1.86 bits per heavy atom. The Morgan fingerprint density at radius 1 is 1.23 bits per heavy atom. The highest BCUT2D eigenvalue weighted by atomic mass is 32.1. The first kappa shape index (κ1) is 16.2. The third-order valence-corrected chi connectivity index (χ3v) is 3.57. The minimum absolute atomic E-state index is 0.0914. The van der Waals surface area contributed by atoms with Gasteiger partial charge in [0.2, 0.25) is 0 Å². The summed E-state index contributed by atoms with van der Waals surface area (Å²) < 4.78 is 42.9. The van der Waals surface area contributed by atoms with E-state index in [0.29, 0.717) is 16.9 Å². The van der Waals surface area contributed by atoms with Crippen molar-refractivity contribution in [2.75, 3.05) is 6.61 Å². The summed E-state index contributed by atoms with van der Waals surface area (Å²) in [6.45, 7) is 0.725. The molecule has 0 saturated carbocycles. The van der Waals surface area contributed by atoms with Crippen LogP contribution in [-0.4, -0.2) is 23.3 Å². The molecule has 2 rings (SSSR count). The number of rotatable bonds is 4. The molecular weight excluding hydrogens is 319 g/mol. The van der Waals surface area contributed by atoms with Gasteiger partial charge in [0, 0.05) is 5.56 Å². The predicted molar refractivity (Wildman–Crippen MR) is 72.9 cm³/mol. The quantitative estimate of drug-likeness (QED) is 0.636. The Hall–Kier alpha value is -2.22. The molecule has 0 bridgehead atoms. The lowest BCUT2D eigenvalue weighted by molar-refractivity contribution is -0.141. The van der Waals surface area contributed by atoms with Crippen molar-refractivity contribution >= 4 is 23.1 Å². The fraction of sp³-hybridized carbons (Fsp3) is 0.214. The molecule has 0 aliphatic rings. The number of benzene rings is 1. The van der Waals surface area contributed by atoms with E-state index in [-0.39, 0.29) is 5.01 Å². The normalized spacial score (nSPS) is 11.3. The number of aryl methyl sites for hydroxylation is 1.